The molecule has 1 aliphatic heterocycles. The molecular weight excluding hydrogens is 287 g/mol. The van der Waals surface area contributed by atoms with Crippen LogP contribution in [0.25, 0.3) is 0 Å². The second-order valence-corrected chi connectivity index (χ2v) is 5.54. The number of hydrogen-bond acceptors (Lipinski definition) is 3. The molecule has 0 spiro atoms. The van der Waals surface area contributed by atoms with Crippen molar-refractivity contribution in [3.05, 3.63) is 28.2 Å². The third-order valence-electron chi connectivity index (χ3n) is 3.32. The number of amides is 1. The molecule has 1 unspecified atom stereocenters. The number of carbonyl (C=O) groups excluding carboxylic acids is 1. The van der Waals surface area contributed by atoms with Gasteiger partial charge in [0.15, 0.2) is 0 Å². The van der Waals surface area contributed by atoms with E-state index >= 15 is 0 Å². The van der Waals surface area contributed by atoms with Crippen molar-refractivity contribution in [3.63, 3.8) is 0 Å². The Labute approximate surface area is 122 Å². The van der Waals surface area contributed by atoms with Crippen LogP contribution < -0.4 is 10.6 Å². The molecule has 6 heteroatoms. The van der Waals surface area contributed by atoms with Crippen LogP contribution in [-0.2, 0) is 9.53 Å². The predicted molar refractivity (Wildman–Crippen MR) is 76.9 cm³/mol. The van der Waals surface area contributed by atoms with Gasteiger partial charge in [0.2, 0.25) is 5.91 Å². The number of methoxy groups -OCH3 is 1. The van der Waals surface area contributed by atoms with Gasteiger partial charge in [-0.3, -0.25) is 4.79 Å². The molecule has 4 nitrogen and oxygen atoms in total. The maximum Gasteiger partial charge on any atom is 0.234 e. The van der Waals surface area contributed by atoms with Gasteiger partial charge in [-0.1, -0.05) is 23.2 Å². The smallest absolute Gasteiger partial charge is 0.234 e. The van der Waals surface area contributed by atoms with Crippen LogP contribution in [0.1, 0.15) is 6.42 Å². The molecule has 1 aromatic carbocycles. The van der Waals surface area contributed by atoms with Gasteiger partial charge in [-0.15, -0.1) is 0 Å². The van der Waals surface area contributed by atoms with Crippen molar-refractivity contribution in [1.29, 1.82) is 0 Å². The minimum Gasteiger partial charge on any atom is -0.384 e. The quantitative estimate of drug-likeness (QED) is 0.899. The van der Waals surface area contributed by atoms with E-state index in [1.165, 1.54) is 0 Å². The molecule has 1 saturated heterocycles. The SMILES string of the molecule is COCC1(C(=O)Nc2ccc(Cl)c(Cl)c2)CCNC1. The second kappa shape index (κ2) is 6.09. The Morgan fingerprint density at radius 2 is 2.26 bits per heavy atom. The number of anilines is 1. The lowest BCUT2D eigenvalue weighted by molar-refractivity contribution is -0.127. The Bertz CT molecular complexity index is 474. The summed E-state index contributed by atoms with van der Waals surface area (Å²) in [6, 6.07) is 5.04. The van der Waals surface area contributed by atoms with Gasteiger partial charge in [-0.05, 0) is 31.2 Å². The molecule has 1 heterocycles. The van der Waals surface area contributed by atoms with Gasteiger partial charge in [0.05, 0.1) is 22.1 Å². The van der Waals surface area contributed by atoms with E-state index in [1.807, 2.05) is 0 Å². The Morgan fingerprint density at radius 3 is 2.84 bits per heavy atom. The average molecular weight is 303 g/mol. The lowest BCUT2D eigenvalue weighted by Crippen LogP contribution is -2.41. The summed E-state index contributed by atoms with van der Waals surface area (Å²) in [5.41, 5.74) is 0.128. The molecule has 0 aromatic heterocycles. The van der Waals surface area contributed by atoms with Crippen molar-refractivity contribution in [1.82, 2.24) is 5.32 Å². The molecule has 1 aromatic rings. The van der Waals surface area contributed by atoms with E-state index in [-0.39, 0.29) is 5.91 Å². The average Bonchev–Trinajstić information content (AvgIpc) is 2.84. The molecule has 1 atom stereocenters. The lowest BCUT2D eigenvalue weighted by atomic mass is 9.87. The summed E-state index contributed by atoms with van der Waals surface area (Å²) in [6.07, 6.45) is 0.758. The molecule has 0 radical (unpaired) electrons. The van der Waals surface area contributed by atoms with Crippen molar-refractivity contribution < 1.29 is 9.53 Å². The first-order valence-electron chi connectivity index (χ1n) is 6.03. The maximum absolute atomic E-state index is 12.4. The standard InChI is InChI=1S/C13H16Cl2N2O2/c1-19-8-13(4-5-16-7-13)12(18)17-9-2-3-10(14)11(15)6-9/h2-3,6,16H,4-5,7-8H2,1H3,(H,17,18). The zero-order chi connectivity index (χ0) is 13.9. The zero-order valence-corrected chi connectivity index (χ0v) is 12.1. The molecule has 2 N–H and O–H groups in total. The predicted octanol–water partition coefficient (Wildman–Crippen LogP) is 2.56. The summed E-state index contributed by atoms with van der Waals surface area (Å²) in [5.74, 6) is -0.0576. The number of rotatable bonds is 4. The van der Waals surface area contributed by atoms with Gasteiger partial charge in [-0.2, -0.15) is 0 Å². The summed E-state index contributed by atoms with van der Waals surface area (Å²) >= 11 is 11.8. The third-order valence-corrected chi connectivity index (χ3v) is 4.06. The summed E-state index contributed by atoms with van der Waals surface area (Å²) in [7, 11) is 1.60. The van der Waals surface area contributed by atoms with Crippen molar-refractivity contribution in [2.45, 2.75) is 6.42 Å². The number of ether oxygens (including phenoxy) is 1. The van der Waals surface area contributed by atoms with Gasteiger partial charge in [0.25, 0.3) is 0 Å². The Hall–Kier alpha value is -0.810. The van der Waals surface area contributed by atoms with Crippen molar-refractivity contribution in [3.8, 4) is 0 Å². The molecule has 0 saturated carbocycles. The Morgan fingerprint density at radius 1 is 1.47 bits per heavy atom. The molecular formula is C13H16Cl2N2O2. The number of benzene rings is 1. The maximum atomic E-state index is 12.4. The Balaban J connectivity index is 2.12. The summed E-state index contributed by atoms with van der Waals surface area (Å²) in [6.45, 7) is 1.83. The van der Waals surface area contributed by atoms with E-state index in [9.17, 15) is 4.79 Å². The highest BCUT2D eigenvalue weighted by atomic mass is 35.5. The lowest BCUT2D eigenvalue weighted by Gasteiger charge is -2.26. The fourth-order valence-corrected chi connectivity index (χ4v) is 2.54. The minimum atomic E-state index is -0.513. The van der Waals surface area contributed by atoms with Crippen LogP contribution >= 0.6 is 23.2 Å². The van der Waals surface area contributed by atoms with Crippen molar-refractivity contribution >= 4 is 34.8 Å². The number of carbonyl (C=O) groups is 1. The second-order valence-electron chi connectivity index (χ2n) is 4.72. The van der Waals surface area contributed by atoms with E-state index < -0.39 is 5.41 Å². The molecule has 0 aliphatic carbocycles. The highest BCUT2D eigenvalue weighted by molar-refractivity contribution is 6.42. The minimum absolute atomic E-state index is 0.0576. The number of hydrogen-bond donors (Lipinski definition) is 2. The van der Waals surface area contributed by atoms with Crippen LogP contribution in [0.15, 0.2) is 18.2 Å². The fraction of sp³-hybridized carbons (Fsp3) is 0.462. The zero-order valence-electron chi connectivity index (χ0n) is 10.6. The Kier molecular flexibility index (Phi) is 4.68. The van der Waals surface area contributed by atoms with Crippen LogP contribution in [-0.4, -0.2) is 32.7 Å². The van der Waals surface area contributed by atoms with Crippen LogP contribution in [0, 0.1) is 5.41 Å². The molecule has 1 amide bonds. The van der Waals surface area contributed by atoms with Gasteiger partial charge in [0.1, 0.15) is 0 Å². The summed E-state index contributed by atoms with van der Waals surface area (Å²) in [4.78, 5) is 12.4. The summed E-state index contributed by atoms with van der Waals surface area (Å²) in [5, 5.41) is 6.96. The van der Waals surface area contributed by atoms with Gasteiger partial charge < -0.3 is 15.4 Å². The normalized spacial score (nSPS) is 22.5. The molecule has 2 rings (SSSR count). The highest BCUT2D eigenvalue weighted by Gasteiger charge is 2.41. The first-order chi connectivity index (χ1) is 9.07. The van der Waals surface area contributed by atoms with Crippen LogP contribution in [0.5, 0.6) is 0 Å². The van der Waals surface area contributed by atoms with E-state index in [2.05, 4.69) is 10.6 Å². The van der Waals surface area contributed by atoms with Crippen molar-refractivity contribution in [2.75, 3.05) is 32.1 Å². The van der Waals surface area contributed by atoms with Crippen LogP contribution in [0.3, 0.4) is 0 Å². The van der Waals surface area contributed by atoms with E-state index in [1.54, 1.807) is 25.3 Å². The molecule has 0 bridgehead atoms. The summed E-state index contributed by atoms with van der Waals surface area (Å²) < 4.78 is 5.18. The van der Waals surface area contributed by atoms with E-state index in [4.69, 9.17) is 27.9 Å². The fourth-order valence-electron chi connectivity index (χ4n) is 2.24. The highest BCUT2D eigenvalue weighted by Crippen LogP contribution is 2.30. The molecule has 1 fully saturated rings. The first kappa shape index (κ1) is 14.6. The number of halogens is 2. The van der Waals surface area contributed by atoms with Crippen LogP contribution in [0.2, 0.25) is 10.0 Å². The van der Waals surface area contributed by atoms with Gasteiger partial charge in [0, 0.05) is 19.3 Å². The van der Waals surface area contributed by atoms with E-state index in [0.29, 0.717) is 28.9 Å². The molecule has 104 valence electrons. The first-order valence-corrected chi connectivity index (χ1v) is 6.79. The topological polar surface area (TPSA) is 50.4 Å². The van der Waals surface area contributed by atoms with E-state index in [0.717, 1.165) is 13.0 Å². The monoisotopic (exact) mass is 302 g/mol. The van der Waals surface area contributed by atoms with Gasteiger partial charge in [-0.25, -0.2) is 0 Å². The molecule has 19 heavy (non-hydrogen) atoms. The van der Waals surface area contributed by atoms with Crippen molar-refractivity contribution in [2.24, 2.45) is 5.41 Å². The molecule has 1 aliphatic rings. The number of nitrogens with one attached hydrogen (secondary N) is 2. The third kappa shape index (κ3) is 3.20. The van der Waals surface area contributed by atoms with Crippen LogP contribution in [0.4, 0.5) is 5.69 Å². The van der Waals surface area contributed by atoms with Gasteiger partial charge >= 0.3 is 0 Å². The largest absolute Gasteiger partial charge is 0.384 e.